The normalized spacial score (nSPS) is 25.5. The second kappa shape index (κ2) is 8.00. The lowest BCUT2D eigenvalue weighted by Gasteiger charge is -2.36. The van der Waals surface area contributed by atoms with Crippen molar-refractivity contribution < 1.29 is 27.5 Å². The third kappa shape index (κ3) is 4.72. The number of halogens is 3. The van der Waals surface area contributed by atoms with Crippen molar-refractivity contribution in [3.05, 3.63) is 12.7 Å². The molecule has 0 aromatic heterocycles. The van der Waals surface area contributed by atoms with Gasteiger partial charge in [-0.3, -0.25) is 9.59 Å². The van der Waals surface area contributed by atoms with Gasteiger partial charge in [0.15, 0.2) is 0 Å². The summed E-state index contributed by atoms with van der Waals surface area (Å²) in [7, 11) is 0. The summed E-state index contributed by atoms with van der Waals surface area (Å²) in [6, 6.07) is -0.618. The molecule has 0 bridgehead atoms. The van der Waals surface area contributed by atoms with Gasteiger partial charge in [0.1, 0.15) is 0 Å². The maximum absolute atomic E-state index is 12.4. The molecule has 2 heterocycles. The average Bonchev–Trinajstić information content (AvgIpc) is 3.00. The molecule has 2 aliphatic rings. The maximum Gasteiger partial charge on any atom is 0.471 e. The van der Waals surface area contributed by atoms with Crippen LogP contribution in [-0.4, -0.2) is 54.7 Å². The number of amides is 2. The number of carbonyl (C=O) groups excluding carboxylic acids is 2. The molecule has 0 unspecified atom stereocenters. The standard InChI is InChI=1S/C16H23F3N2O3/c1-2-3-4-13(22)21-8-5-11(6-9-21)14-12(7-10-24-14)20-15(23)16(17,18)19/h2,11-12,14H,1,3-10H2,(H,20,23)/t12-,14+/m1/s1. The van der Waals surface area contributed by atoms with Crippen molar-refractivity contribution >= 4 is 11.8 Å². The van der Waals surface area contributed by atoms with E-state index in [0.717, 1.165) is 0 Å². The molecule has 2 atom stereocenters. The van der Waals surface area contributed by atoms with E-state index in [1.807, 2.05) is 5.32 Å². The molecule has 24 heavy (non-hydrogen) atoms. The van der Waals surface area contributed by atoms with Gasteiger partial charge in [-0.2, -0.15) is 13.2 Å². The van der Waals surface area contributed by atoms with E-state index < -0.39 is 24.2 Å². The number of hydrogen-bond acceptors (Lipinski definition) is 3. The van der Waals surface area contributed by atoms with Gasteiger partial charge >= 0.3 is 12.1 Å². The molecule has 1 N–H and O–H groups in total. The van der Waals surface area contributed by atoms with Crippen LogP contribution >= 0.6 is 0 Å². The molecule has 0 radical (unpaired) electrons. The van der Waals surface area contributed by atoms with Gasteiger partial charge < -0.3 is 15.0 Å². The predicted molar refractivity (Wildman–Crippen MR) is 81.1 cm³/mol. The summed E-state index contributed by atoms with van der Waals surface area (Å²) in [6.07, 6.45) is -0.814. The van der Waals surface area contributed by atoms with E-state index in [1.165, 1.54) is 0 Å². The van der Waals surface area contributed by atoms with Crippen molar-refractivity contribution in [1.29, 1.82) is 0 Å². The Morgan fingerprint density at radius 3 is 2.50 bits per heavy atom. The lowest BCUT2D eigenvalue weighted by molar-refractivity contribution is -0.175. The van der Waals surface area contributed by atoms with E-state index in [1.54, 1.807) is 11.0 Å². The molecule has 136 valence electrons. The molecule has 0 spiro atoms. The Morgan fingerprint density at radius 2 is 1.92 bits per heavy atom. The zero-order valence-corrected chi connectivity index (χ0v) is 13.5. The van der Waals surface area contributed by atoms with Crippen molar-refractivity contribution in [2.75, 3.05) is 19.7 Å². The van der Waals surface area contributed by atoms with Gasteiger partial charge in [0.25, 0.3) is 0 Å². The highest BCUT2D eigenvalue weighted by Gasteiger charge is 2.44. The third-order valence-corrected chi connectivity index (χ3v) is 4.63. The fourth-order valence-corrected chi connectivity index (χ4v) is 3.34. The topological polar surface area (TPSA) is 58.6 Å². The molecule has 0 aromatic carbocycles. The van der Waals surface area contributed by atoms with Crippen molar-refractivity contribution in [2.45, 2.75) is 50.4 Å². The van der Waals surface area contributed by atoms with Crippen LogP contribution in [0.1, 0.15) is 32.1 Å². The highest BCUT2D eigenvalue weighted by molar-refractivity contribution is 5.82. The Morgan fingerprint density at radius 1 is 1.25 bits per heavy atom. The fourth-order valence-electron chi connectivity index (χ4n) is 3.34. The Kier molecular flexibility index (Phi) is 6.26. The summed E-state index contributed by atoms with van der Waals surface area (Å²) >= 11 is 0. The van der Waals surface area contributed by atoms with Crippen LogP contribution < -0.4 is 5.32 Å². The molecule has 8 heteroatoms. The van der Waals surface area contributed by atoms with Crippen molar-refractivity contribution in [3.8, 4) is 0 Å². The number of allylic oxidation sites excluding steroid dienone is 1. The smallest absolute Gasteiger partial charge is 0.376 e. The number of ether oxygens (including phenoxy) is 1. The number of hydrogen-bond donors (Lipinski definition) is 1. The van der Waals surface area contributed by atoms with Crippen molar-refractivity contribution in [3.63, 3.8) is 0 Å². The van der Waals surface area contributed by atoms with Crippen LogP contribution in [0.25, 0.3) is 0 Å². The SMILES string of the molecule is C=CCCC(=O)N1CCC([C@@H]2OCC[C@H]2NC(=O)C(F)(F)F)CC1. The molecule has 2 saturated heterocycles. The first kappa shape index (κ1) is 18.8. The zero-order valence-electron chi connectivity index (χ0n) is 13.5. The summed E-state index contributed by atoms with van der Waals surface area (Å²) in [5, 5.41) is 2.05. The van der Waals surface area contributed by atoms with Gasteiger partial charge in [-0.05, 0) is 31.6 Å². The molecule has 2 aliphatic heterocycles. The molecule has 0 aromatic rings. The monoisotopic (exact) mass is 348 g/mol. The van der Waals surface area contributed by atoms with Gasteiger partial charge in [0, 0.05) is 26.1 Å². The number of alkyl halides is 3. The van der Waals surface area contributed by atoms with Crippen LogP contribution in [0.15, 0.2) is 12.7 Å². The lowest BCUT2D eigenvalue weighted by Crippen LogP contribution is -2.50. The summed E-state index contributed by atoms with van der Waals surface area (Å²) in [5.41, 5.74) is 0. The second-order valence-corrected chi connectivity index (χ2v) is 6.25. The van der Waals surface area contributed by atoms with E-state index in [2.05, 4.69) is 6.58 Å². The Balaban J connectivity index is 1.85. The Labute approximate surface area is 139 Å². The number of likely N-dealkylation sites (tertiary alicyclic amines) is 1. The Hall–Kier alpha value is -1.57. The van der Waals surface area contributed by atoms with Gasteiger partial charge in [0.2, 0.25) is 5.91 Å². The predicted octanol–water partition coefficient (Wildman–Crippen LogP) is 2.03. The zero-order chi connectivity index (χ0) is 17.7. The van der Waals surface area contributed by atoms with Gasteiger partial charge in [-0.1, -0.05) is 6.08 Å². The molecular weight excluding hydrogens is 325 g/mol. The van der Waals surface area contributed by atoms with E-state index in [-0.39, 0.29) is 11.8 Å². The lowest BCUT2D eigenvalue weighted by atomic mass is 9.87. The van der Waals surface area contributed by atoms with Crippen molar-refractivity contribution in [2.24, 2.45) is 5.92 Å². The van der Waals surface area contributed by atoms with Crippen LogP contribution in [-0.2, 0) is 14.3 Å². The van der Waals surface area contributed by atoms with Crippen molar-refractivity contribution in [1.82, 2.24) is 10.2 Å². The number of rotatable bonds is 5. The van der Waals surface area contributed by atoms with Gasteiger partial charge in [0.05, 0.1) is 12.1 Å². The van der Waals surface area contributed by atoms with Crippen LogP contribution in [0, 0.1) is 5.92 Å². The number of piperidine rings is 1. The molecule has 2 amide bonds. The van der Waals surface area contributed by atoms with E-state index in [0.29, 0.717) is 51.8 Å². The molecule has 0 saturated carbocycles. The van der Waals surface area contributed by atoms with E-state index in [9.17, 15) is 22.8 Å². The van der Waals surface area contributed by atoms with Crippen LogP contribution in [0.2, 0.25) is 0 Å². The van der Waals surface area contributed by atoms with Crippen LogP contribution in [0.5, 0.6) is 0 Å². The first-order valence-electron chi connectivity index (χ1n) is 8.21. The molecule has 5 nitrogen and oxygen atoms in total. The molecule has 2 rings (SSSR count). The third-order valence-electron chi connectivity index (χ3n) is 4.63. The number of nitrogens with zero attached hydrogens (tertiary/aromatic N) is 1. The first-order chi connectivity index (χ1) is 11.3. The first-order valence-corrected chi connectivity index (χ1v) is 8.21. The van der Waals surface area contributed by atoms with E-state index >= 15 is 0 Å². The molecular formula is C16H23F3N2O3. The summed E-state index contributed by atoms with van der Waals surface area (Å²) in [4.78, 5) is 24.9. The average molecular weight is 348 g/mol. The Bertz CT molecular complexity index is 474. The van der Waals surface area contributed by atoms with Gasteiger partial charge in [-0.15, -0.1) is 6.58 Å². The minimum absolute atomic E-state index is 0.0505. The second-order valence-electron chi connectivity index (χ2n) is 6.25. The number of nitrogens with one attached hydrogen (secondary N) is 1. The van der Waals surface area contributed by atoms with Crippen LogP contribution in [0.4, 0.5) is 13.2 Å². The quantitative estimate of drug-likeness (QED) is 0.774. The minimum Gasteiger partial charge on any atom is -0.376 e. The summed E-state index contributed by atoms with van der Waals surface area (Å²) in [6.45, 7) is 5.07. The fraction of sp³-hybridized carbons (Fsp3) is 0.750. The molecule has 0 aliphatic carbocycles. The van der Waals surface area contributed by atoms with E-state index in [4.69, 9.17) is 4.74 Å². The molecule has 2 fully saturated rings. The highest BCUT2D eigenvalue weighted by Crippen LogP contribution is 2.30. The maximum atomic E-state index is 12.4. The summed E-state index contributed by atoms with van der Waals surface area (Å²) in [5.74, 6) is -1.79. The van der Waals surface area contributed by atoms with Crippen LogP contribution in [0.3, 0.4) is 0 Å². The van der Waals surface area contributed by atoms with Gasteiger partial charge in [-0.25, -0.2) is 0 Å². The summed E-state index contributed by atoms with van der Waals surface area (Å²) < 4.78 is 42.8. The number of carbonyl (C=O) groups is 2. The largest absolute Gasteiger partial charge is 0.471 e. The minimum atomic E-state index is -4.88. The highest BCUT2D eigenvalue weighted by atomic mass is 19.4.